The quantitative estimate of drug-likeness (QED) is 0.690. The molecule has 1 aromatic rings. The molecule has 6 nitrogen and oxygen atoms in total. The number of carbonyl (C=O) groups is 2. The van der Waals surface area contributed by atoms with E-state index in [1.165, 1.54) is 0 Å². The van der Waals surface area contributed by atoms with Crippen molar-refractivity contribution in [2.24, 2.45) is 5.73 Å². The smallest absolute Gasteiger partial charge is 0.251 e. The van der Waals surface area contributed by atoms with Crippen molar-refractivity contribution in [2.75, 3.05) is 26.3 Å². The van der Waals surface area contributed by atoms with Gasteiger partial charge in [0.15, 0.2) is 0 Å². The summed E-state index contributed by atoms with van der Waals surface area (Å²) >= 11 is 0. The van der Waals surface area contributed by atoms with Crippen LogP contribution in [-0.4, -0.2) is 43.7 Å². The number of aryl methyl sites for hydroxylation is 1. The molecule has 23 heavy (non-hydrogen) atoms. The molecule has 128 valence electrons. The summed E-state index contributed by atoms with van der Waals surface area (Å²) in [5.74, 6) is -0.327. The van der Waals surface area contributed by atoms with E-state index >= 15 is 0 Å². The monoisotopic (exact) mass is 341 g/mol. The molecule has 1 fully saturated rings. The molecular weight excluding hydrogens is 318 g/mol. The van der Waals surface area contributed by atoms with Crippen LogP contribution in [0.25, 0.3) is 0 Å². The van der Waals surface area contributed by atoms with Gasteiger partial charge in [0, 0.05) is 31.9 Å². The topological polar surface area (TPSA) is 93.5 Å². The van der Waals surface area contributed by atoms with Crippen LogP contribution in [0, 0.1) is 6.92 Å². The SMILES string of the molecule is Cc1cccc(C(=O)NCCNC(=O)C2(N)CCOCC2)c1.Cl. The van der Waals surface area contributed by atoms with Crippen molar-refractivity contribution in [3.63, 3.8) is 0 Å². The first kappa shape index (κ1) is 19.4. The summed E-state index contributed by atoms with van der Waals surface area (Å²) in [6, 6.07) is 7.36. The third-order valence-electron chi connectivity index (χ3n) is 3.81. The van der Waals surface area contributed by atoms with Crippen molar-refractivity contribution < 1.29 is 14.3 Å². The summed E-state index contributed by atoms with van der Waals surface area (Å²) < 4.78 is 5.21. The Labute approximate surface area is 142 Å². The maximum Gasteiger partial charge on any atom is 0.251 e. The second-order valence-corrected chi connectivity index (χ2v) is 5.65. The van der Waals surface area contributed by atoms with Gasteiger partial charge in [0.1, 0.15) is 0 Å². The fourth-order valence-corrected chi connectivity index (χ4v) is 2.38. The van der Waals surface area contributed by atoms with Crippen molar-refractivity contribution in [3.05, 3.63) is 35.4 Å². The van der Waals surface area contributed by atoms with Crippen LogP contribution in [0.1, 0.15) is 28.8 Å². The molecule has 4 N–H and O–H groups in total. The number of hydrogen-bond acceptors (Lipinski definition) is 4. The summed E-state index contributed by atoms with van der Waals surface area (Å²) in [4.78, 5) is 24.0. The van der Waals surface area contributed by atoms with Crippen LogP contribution >= 0.6 is 12.4 Å². The highest BCUT2D eigenvalue weighted by molar-refractivity contribution is 5.94. The second-order valence-electron chi connectivity index (χ2n) is 5.65. The van der Waals surface area contributed by atoms with Crippen LogP contribution < -0.4 is 16.4 Å². The van der Waals surface area contributed by atoms with E-state index < -0.39 is 5.54 Å². The van der Waals surface area contributed by atoms with E-state index in [0.29, 0.717) is 44.7 Å². The molecule has 0 radical (unpaired) electrons. The Balaban J connectivity index is 0.00000264. The number of rotatable bonds is 5. The zero-order valence-electron chi connectivity index (χ0n) is 13.3. The molecule has 7 heteroatoms. The van der Waals surface area contributed by atoms with Crippen LogP contribution in [0.15, 0.2) is 24.3 Å². The van der Waals surface area contributed by atoms with Crippen LogP contribution in [-0.2, 0) is 9.53 Å². The molecule has 0 aromatic heterocycles. The predicted molar refractivity (Wildman–Crippen MR) is 90.7 cm³/mol. The van der Waals surface area contributed by atoms with Crippen LogP contribution in [0.5, 0.6) is 0 Å². The molecule has 1 aliphatic heterocycles. The lowest BCUT2D eigenvalue weighted by Crippen LogP contribution is -2.57. The summed E-state index contributed by atoms with van der Waals surface area (Å²) in [6.45, 7) is 3.68. The number of ether oxygens (including phenoxy) is 1. The van der Waals surface area contributed by atoms with Gasteiger partial charge in [0.05, 0.1) is 5.54 Å². The number of amides is 2. The summed E-state index contributed by atoms with van der Waals surface area (Å²) in [7, 11) is 0. The van der Waals surface area contributed by atoms with Crippen molar-refractivity contribution in [1.29, 1.82) is 0 Å². The zero-order valence-corrected chi connectivity index (χ0v) is 14.1. The molecule has 2 amide bonds. The fraction of sp³-hybridized carbons (Fsp3) is 0.500. The second kappa shape index (κ2) is 8.86. The Morgan fingerprint density at radius 1 is 1.22 bits per heavy atom. The average Bonchev–Trinajstić information content (AvgIpc) is 2.51. The minimum atomic E-state index is -0.848. The summed E-state index contributed by atoms with van der Waals surface area (Å²) in [5, 5.41) is 5.55. The molecule has 1 aromatic carbocycles. The molecule has 0 aliphatic carbocycles. The van der Waals surface area contributed by atoms with E-state index in [1.807, 2.05) is 25.1 Å². The Kier molecular flexibility index (Phi) is 7.48. The predicted octanol–water partition coefficient (Wildman–Crippen LogP) is 0.771. The average molecular weight is 342 g/mol. The highest BCUT2D eigenvalue weighted by Crippen LogP contribution is 2.17. The molecule has 0 atom stereocenters. The maximum absolute atomic E-state index is 12.1. The van der Waals surface area contributed by atoms with Gasteiger partial charge in [-0.3, -0.25) is 9.59 Å². The van der Waals surface area contributed by atoms with Crippen molar-refractivity contribution in [2.45, 2.75) is 25.3 Å². The number of carbonyl (C=O) groups excluding carboxylic acids is 2. The molecular formula is C16H24ClN3O3. The van der Waals surface area contributed by atoms with E-state index in [0.717, 1.165) is 5.56 Å². The van der Waals surface area contributed by atoms with Gasteiger partial charge in [0.2, 0.25) is 5.91 Å². The minimum Gasteiger partial charge on any atom is -0.381 e. The van der Waals surface area contributed by atoms with Gasteiger partial charge >= 0.3 is 0 Å². The largest absolute Gasteiger partial charge is 0.381 e. The molecule has 0 bridgehead atoms. The number of hydrogen-bond donors (Lipinski definition) is 3. The van der Waals surface area contributed by atoms with Gasteiger partial charge in [0.25, 0.3) is 5.91 Å². The first-order valence-electron chi connectivity index (χ1n) is 7.51. The standard InChI is InChI=1S/C16H23N3O3.ClH/c1-12-3-2-4-13(11-12)14(20)18-7-8-19-15(21)16(17)5-9-22-10-6-16;/h2-4,11H,5-10,17H2,1H3,(H,18,20)(H,19,21);1H. The van der Waals surface area contributed by atoms with Crippen molar-refractivity contribution in [1.82, 2.24) is 10.6 Å². The molecule has 1 heterocycles. The van der Waals surface area contributed by atoms with Crippen LogP contribution in [0.2, 0.25) is 0 Å². The maximum atomic E-state index is 12.1. The lowest BCUT2D eigenvalue weighted by Gasteiger charge is -2.31. The summed E-state index contributed by atoms with van der Waals surface area (Å²) in [5.41, 5.74) is 6.87. The third kappa shape index (κ3) is 5.49. The Hall–Kier alpha value is -1.63. The van der Waals surface area contributed by atoms with Crippen molar-refractivity contribution in [3.8, 4) is 0 Å². The van der Waals surface area contributed by atoms with E-state index in [9.17, 15) is 9.59 Å². The van der Waals surface area contributed by atoms with E-state index in [2.05, 4.69) is 10.6 Å². The minimum absolute atomic E-state index is 0. The Morgan fingerprint density at radius 2 is 1.87 bits per heavy atom. The molecule has 2 rings (SSSR count). The lowest BCUT2D eigenvalue weighted by atomic mass is 9.90. The van der Waals surface area contributed by atoms with Gasteiger partial charge in [-0.1, -0.05) is 17.7 Å². The number of nitrogens with two attached hydrogens (primary N) is 1. The lowest BCUT2D eigenvalue weighted by molar-refractivity contribution is -0.129. The van der Waals surface area contributed by atoms with E-state index in [-0.39, 0.29) is 24.2 Å². The van der Waals surface area contributed by atoms with Gasteiger partial charge in [-0.25, -0.2) is 0 Å². The zero-order chi connectivity index (χ0) is 16.0. The van der Waals surface area contributed by atoms with Crippen molar-refractivity contribution >= 4 is 24.2 Å². The van der Waals surface area contributed by atoms with Crippen LogP contribution in [0.3, 0.4) is 0 Å². The molecule has 0 spiro atoms. The van der Waals surface area contributed by atoms with Gasteiger partial charge in [-0.2, -0.15) is 0 Å². The Bertz CT molecular complexity index is 545. The molecule has 0 saturated carbocycles. The number of nitrogens with one attached hydrogen (secondary N) is 2. The van der Waals surface area contributed by atoms with Gasteiger partial charge < -0.3 is 21.1 Å². The fourth-order valence-electron chi connectivity index (χ4n) is 2.38. The third-order valence-corrected chi connectivity index (χ3v) is 3.81. The first-order chi connectivity index (χ1) is 10.5. The molecule has 1 aliphatic rings. The Morgan fingerprint density at radius 3 is 2.52 bits per heavy atom. The van der Waals surface area contributed by atoms with Gasteiger partial charge in [-0.05, 0) is 31.9 Å². The highest BCUT2D eigenvalue weighted by Gasteiger charge is 2.35. The van der Waals surface area contributed by atoms with E-state index in [1.54, 1.807) is 6.07 Å². The number of benzene rings is 1. The highest BCUT2D eigenvalue weighted by atomic mass is 35.5. The number of halogens is 1. The summed E-state index contributed by atoms with van der Waals surface area (Å²) in [6.07, 6.45) is 1.04. The molecule has 0 unspecified atom stereocenters. The van der Waals surface area contributed by atoms with E-state index in [4.69, 9.17) is 10.5 Å². The molecule has 1 saturated heterocycles. The van der Waals surface area contributed by atoms with Crippen LogP contribution in [0.4, 0.5) is 0 Å². The first-order valence-corrected chi connectivity index (χ1v) is 7.51. The van der Waals surface area contributed by atoms with Gasteiger partial charge in [-0.15, -0.1) is 12.4 Å². The normalized spacial score (nSPS) is 16.1.